The van der Waals surface area contributed by atoms with Crippen LogP contribution in [0.2, 0.25) is 0 Å². The third-order valence-electron chi connectivity index (χ3n) is 16.4. The Labute approximate surface area is 641 Å². The lowest BCUT2D eigenvalue weighted by Crippen LogP contribution is -2.36. The van der Waals surface area contributed by atoms with Crippen LogP contribution < -0.4 is 23.0 Å². The second-order valence-electron chi connectivity index (χ2n) is 21.6. The number of aromatic nitrogens is 10. The summed E-state index contributed by atoms with van der Waals surface area (Å²) in [5.74, 6) is 2.32. The van der Waals surface area contributed by atoms with Crippen LogP contribution in [0.15, 0.2) is 243 Å². The van der Waals surface area contributed by atoms with Crippen LogP contribution in [0.25, 0.3) is 110 Å². The number of benzene rings is 7. The van der Waals surface area contributed by atoms with Crippen molar-refractivity contribution < 1.29 is 23.0 Å². The van der Waals surface area contributed by atoms with Crippen LogP contribution in [-0.4, -0.2) is 22.8 Å². The molecule has 10 heteroatoms. The van der Waals surface area contributed by atoms with Crippen molar-refractivity contribution in [1.29, 1.82) is 0 Å². The van der Waals surface area contributed by atoms with Crippen LogP contribution in [0.4, 0.5) is 0 Å². The molecule has 0 aliphatic rings. The normalized spacial score (nSPS) is 9.56. The maximum atomic E-state index is 2.36. The third kappa shape index (κ3) is 20.7. The zero-order valence-corrected chi connectivity index (χ0v) is 72.1. The first-order chi connectivity index (χ1) is 52.0. The molecule has 0 fully saturated rings. The summed E-state index contributed by atoms with van der Waals surface area (Å²) < 4.78 is 22.3. The quantitative estimate of drug-likeness (QED) is 0.125. The summed E-state index contributed by atoms with van der Waals surface area (Å²) in [7, 11) is 12.6. The molecule has 568 valence electrons. The molecular formula is C96H139N10+5. The minimum atomic E-state index is 1.14. The molecule has 0 bridgehead atoms. The van der Waals surface area contributed by atoms with E-state index in [9.17, 15) is 0 Å². The molecule has 0 atom stereocenters. The van der Waals surface area contributed by atoms with E-state index in [-0.39, 0.29) is 0 Å². The molecule has 0 radical (unpaired) electrons. The van der Waals surface area contributed by atoms with Crippen LogP contribution in [0.3, 0.4) is 0 Å². The summed E-state index contributed by atoms with van der Waals surface area (Å²) in [6.07, 6.45) is 12.6. The van der Waals surface area contributed by atoms with Crippen molar-refractivity contribution in [3.05, 3.63) is 260 Å². The molecule has 16 aromatic rings. The SMILES string of the molecule is CC.CC.CC.CC.CC.CC.CC.CC.CC.CC.CC.CC.Cc1cccc2c3ccccc3c3cc[n+](C)n3c12.Cc1cccc2c3ccccc3n(-c3cccc[n+]3C)c12.Cc1ccccc1-n1c2ccccc2c2ccc[n+](C)c21.Cn1cc[n+](C)c1-n1c2ccccc2c2ccc[n+](C)c21. The number of nitrogens with zero attached hydrogens (tertiary/aromatic N) is 10. The summed E-state index contributed by atoms with van der Waals surface area (Å²) in [6.45, 7) is 54.5. The van der Waals surface area contributed by atoms with Gasteiger partial charge in [0.2, 0.25) is 0 Å². The van der Waals surface area contributed by atoms with Gasteiger partial charge in [-0.1, -0.05) is 281 Å². The van der Waals surface area contributed by atoms with Gasteiger partial charge in [0, 0.05) is 44.5 Å². The third-order valence-corrected chi connectivity index (χ3v) is 16.4. The molecule has 0 saturated heterocycles. The monoisotopic (exact) mass is 1430 g/mol. The van der Waals surface area contributed by atoms with E-state index >= 15 is 0 Å². The lowest BCUT2D eigenvalue weighted by molar-refractivity contribution is -0.735. The van der Waals surface area contributed by atoms with Crippen molar-refractivity contribution >= 4 is 92.9 Å². The fraction of sp³-hybridized carbons (Fsp3) is 0.344. The Kier molecular flexibility index (Phi) is 44.5. The van der Waals surface area contributed by atoms with Gasteiger partial charge < -0.3 is 0 Å². The van der Waals surface area contributed by atoms with E-state index in [1.165, 1.54) is 121 Å². The van der Waals surface area contributed by atoms with Gasteiger partial charge in [-0.25, -0.2) is 22.8 Å². The summed E-state index contributed by atoms with van der Waals surface area (Å²) in [5, 5.41) is 11.7. The fourth-order valence-corrected chi connectivity index (χ4v) is 12.6. The van der Waals surface area contributed by atoms with Crippen LogP contribution in [0.1, 0.15) is 183 Å². The Bertz CT molecular complexity index is 4940. The highest BCUT2D eigenvalue weighted by molar-refractivity contribution is 6.13. The first-order valence-electron chi connectivity index (χ1n) is 40.0. The van der Waals surface area contributed by atoms with Gasteiger partial charge in [-0.3, -0.25) is 0 Å². The minimum absolute atomic E-state index is 1.14. The van der Waals surface area contributed by atoms with E-state index in [4.69, 9.17) is 0 Å². The van der Waals surface area contributed by atoms with Crippen LogP contribution in [-0.2, 0) is 42.3 Å². The van der Waals surface area contributed by atoms with Gasteiger partial charge >= 0.3 is 5.95 Å². The molecular weight excluding hydrogens is 1290 g/mol. The average molecular weight is 1430 g/mol. The van der Waals surface area contributed by atoms with E-state index in [0.717, 1.165) is 5.95 Å². The van der Waals surface area contributed by atoms with Gasteiger partial charge in [-0.15, -0.1) is 13.8 Å². The number of hydrogen-bond acceptors (Lipinski definition) is 0. The molecule has 106 heavy (non-hydrogen) atoms. The van der Waals surface area contributed by atoms with Crippen LogP contribution in [0, 0.1) is 20.8 Å². The molecule has 0 saturated carbocycles. The number of fused-ring (bicyclic) bond motifs is 15. The molecule has 10 nitrogen and oxygen atoms in total. The number of para-hydroxylation sites is 6. The van der Waals surface area contributed by atoms with Gasteiger partial charge in [0.05, 0.1) is 77.0 Å². The second-order valence-corrected chi connectivity index (χ2v) is 21.6. The van der Waals surface area contributed by atoms with Crippen molar-refractivity contribution in [3.8, 4) is 17.5 Å². The molecule has 9 heterocycles. The summed E-state index contributed by atoms with van der Waals surface area (Å²) in [5.41, 5.74) is 15.1. The molecule has 9 aromatic heterocycles. The van der Waals surface area contributed by atoms with Crippen molar-refractivity contribution in [1.82, 2.24) is 22.8 Å². The topological polar surface area (TPSA) is 43.5 Å². The Morgan fingerprint density at radius 3 is 1.06 bits per heavy atom. The molecule has 0 aliphatic heterocycles. The highest BCUT2D eigenvalue weighted by Gasteiger charge is 2.28. The van der Waals surface area contributed by atoms with Gasteiger partial charge in [0.25, 0.3) is 17.1 Å². The first kappa shape index (κ1) is 93.8. The number of pyridine rings is 4. The molecule has 0 aliphatic carbocycles. The smallest absolute Gasteiger partial charge is 0.237 e. The summed E-state index contributed by atoms with van der Waals surface area (Å²) in [4.78, 5) is 0. The largest absolute Gasteiger partial charge is 0.401 e. The molecule has 0 N–H and O–H groups in total. The predicted molar refractivity (Wildman–Crippen MR) is 470 cm³/mol. The lowest BCUT2D eigenvalue weighted by Gasteiger charge is -2.08. The first-order valence-corrected chi connectivity index (χ1v) is 40.0. The lowest BCUT2D eigenvalue weighted by atomic mass is 10.0. The van der Waals surface area contributed by atoms with Gasteiger partial charge in [-0.05, 0) is 122 Å². The second kappa shape index (κ2) is 50.3. The van der Waals surface area contributed by atoms with E-state index in [2.05, 4.69) is 352 Å². The van der Waals surface area contributed by atoms with Crippen molar-refractivity contribution in [3.63, 3.8) is 0 Å². The standard InChI is InChI=1S/2C19H17N2.C17H18N4.C17H15N2.12C2H6/c1-14-8-3-5-11-17(14)21-18-12-6-4-9-15(18)16-10-7-13-20(2)19(16)21;1-14-8-7-10-16-15-9-3-4-11-17(15)21(19(14)16)18-12-5-6-13-20(18)2;1-18-10-6-8-14-13-7-4-5-9-15(13)21(16(14)18)17-19(2)11-12-20(17)3;1-12-6-5-9-15-13-7-3-4-8-14(13)16-10-11-18(2)19(16)17(12)15;12*1-2/h2*3-13H,1-2H3;4-12H,1-3H3;3-11H,1-2H3;12*1-2H3/q2*+1;+2;+1;;;;;;;;;;;;. The zero-order chi connectivity index (χ0) is 80.3. The number of rotatable bonds is 3. The Hall–Kier alpha value is -10.2. The van der Waals surface area contributed by atoms with E-state index in [0.29, 0.717) is 0 Å². The molecule has 0 spiro atoms. The Morgan fingerprint density at radius 1 is 0.245 bits per heavy atom. The molecule has 7 aromatic carbocycles. The van der Waals surface area contributed by atoms with Gasteiger partial charge in [0.1, 0.15) is 38.8 Å². The van der Waals surface area contributed by atoms with E-state index in [1.54, 1.807) is 0 Å². The van der Waals surface area contributed by atoms with Crippen LogP contribution in [0.5, 0.6) is 0 Å². The van der Waals surface area contributed by atoms with Crippen molar-refractivity contribution in [2.75, 3.05) is 0 Å². The van der Waals surface area contributed by atoms with Crippen molar-refractivity contribution in [2.45, 2.75) is 187 Å². The summed E-state index contributed by atoms with van der Waals surface area (Å²) in [6, 6.07) is 73.2. The minimum Gasteiger partial charge on any atom is -0.237 e. The van der Waals surface area contributed by atoms with E-state index < -0.39 is 0 Å². The van der Waals surface area contributed by atoms with Gasteiger partial charge in [0.15, 0.2) is 13.2 Å². The molecule has 16 rings (SSSR count). The molecule has 0 unspecified atom stereocenters. The van der Waals surface area contributed by atoms with Crippen LogP contribution >= 0.6 is 0 Å². The Morgan fingerprint density at radius 2 is 0.594 bits per heavy atom. The fourth-order valence-electron chi connectivity index (χ4n) is 12.6. The van der Waals surface area contributed by atoms with Crippen molar-refractivity contribution in [2.24, 2.45) is 42.3 Å². The average Bonchev–Trinajstić information content (AvgIpc) is 1.48. The maximum absolute atomic E-state index is 2.36. The predicted octanol–water partition coefficient (Wildman–Crippen LogP) is 25.3. The number of imidazole rings is 1. The zero-order valence-electron chi connectivity index (χ0n) is 72.1. The Balaban J connectivity index is 0.000000644. The maximum Gasteiger partial charge on any atom is 0.401 e. The number of hydrogen-bond donors (Lipinski definition) is 0. The van der Waals surface area contributed by atoms with Gasteiger partial charge in [-0.2, -0.15) is 9.13 Å². The highest BCUT2D eigenvalue weighted by Crippen LogP contribution is 2.35. The summed E-state index contributed by atoms with van der Waals surface area (Å²) >= 11 is 0. The number of aryl methyl sites for hydroxylation is 9. The highest BCUT2D eigenvalue weighted by atomic mass is 15.3. The van der Waals surface area contributed by atoms with E-state index in [1.807, 2.05) is 166 Å². The molecule has 0 amide bonds.